The number of fused-ring (bicyclic) bond motifs is 2. The summed E-state index contributed by atoms with van der Waals surface area (Å²) in [7, 11) is 1.86. The molecule has 130 valence electrons. The summed E-state index contributed by atoms with van der Waals surface area (Å²) in [5, 5.41) is 5.35. The highest BCUT2D eigenvalue weighted by Gasteiger charge is 2.30. The summed E-state index contributed by atoms with van der Waals surface area (Å²) < 4.78 is 9.47. The van der Waals surface area contributed by atoms with Crippen LogP contribution in [-0.2, 0) is 18.3 Å². The molecule has 1 atom stereocenters. The smallest absolute Gasteiger partial charge is 0.275 e. The van der Waals surface area contributed by atoms with Gasteiger partial charge in [0, 0.05) is 31.8 Å². The van der Waals surface area contributed by atoms with E-state index in [1.807, 2.05) is 55.7 Å². The summed E-state index contributed by atoms with van der Waals surface area (Å²) in [5.74, 6) is -0.0502. The molecule has 4 rings (SSSR count). The normalized spacial score (nSPS) is 17.0. The second kappa shape index (κ2) is 6.33. The Morgan fingerprint density at radius 1 is 1.36 bits per heavy atom. The van der Waals surface area contributed by atoms with E-state index in [4.69, 9.17) is 4.74 Å². The maximum absolute atomic E-state index is 13.2. The first kappa shape index (κ1) is 15.8. The van der Waals surface area contributed by atoms with Crippen LogP contribution >= 0.6 is 0 Å². The van der Waals surface area contributed by atoms with Crippen molar-refractivity contribution >= 4 is 16.8 Å². The molecule has 1 aliphatic rings. The molecule has 0 aliphatic carbocycles. The molecular weight excluding hydrogens is 318 g/mol. The van der Waals surface area contributed by atoms with Crippen molar-refractivity contribution in [1.29, 1.82) is 0 Å². The fraction of sp³-hybridized carbons (Fsp3) is 0.389. The number of hydrogen-bond donors (Lipinski definition) is 0. The van der Waals surface area contributed by atoms with Crippen molar-refractivity contribution in [3.05, 3.63) is 48.2 Å². The maximum atomic E-state index is 13.2. The minimum absolute atomic E-state index is 0.0502. The van der Waals surface area contributed by atoms with Crippen LogP contribution in [-0.4, -0.2) is 49.9 Å². The van der Waals surface area contributed by atoms with Gasteiger partial charge in [-0.15, -0.1) is 0 Å². The number of benzene rings is 1. The van der Waals surface area contributed by atoms with Crippen LogP contribution in [0.15, 0.2) is 36.8 Å². The number of nitrogens with zero attached hydrogens (tertiary/aromatic N) is 5. The Bertz CT molecular complexity index is 913. The number of imidazole rings is 1. The third-order valence-corrected chi connectivity index (χ3v) is 4.69. The van der Waals surface area contributed by atoms with Gasteiger partial charge in [0.25, 0.3) is 5.91 Å². The molecule has 0 bridgehead atoms. The molecule has 0 radical (unpaired) electrons. The molecule has 1 aliphatic heterocycles. The van der Waals surface area contributed by atoms with Crippen molar-refractivity contribution in [3.8, 4) is 0 Å². The van der Waals surface area contributed by atoms with Gasteiger partial charge in [-0.3, -0.25) is 9.48 Å². The molecule has 25 heavy (non-hydrogen) atoms. The fourth-order valence-corrected chi connectivity index (χ4v) is 3.45. The molecule has 3 aromatic rings. The lowest BCUT2D eigenvalue weighted by atomic mass is 10.1. The Morgan fingerprint density at radius 2 is 2.20 bits per heavy atom. The first-order chi connectivity index (χ1) is 12.2. The maximum Gasteiger partial charge on any atom is 0.275 e. The zero-order chi connectivity index (χ0) is 17.4. The van der Waals surface area contributed by atoms with Crippen LogP contribution in [0.2, 0.25) is 0 Å². The topological polar surface area (TPSA) is 65.2 Å². The summed E-state index contributed by atoms with van der Waals surface area (Å²) in [6, 6.07) is 7.88. The molecule has 0 unspecified atom stereocenters. The SMILES string of the molecule is CCOC[C@@H]1CN(C(=O)c2nn(C)c3ccccc23)Cc2cncn21. The second-order valence-corrected chi connectivity index (χ2v) is 6.28. The van der Waals surface area contributed by atoms with Crippen LogP contribution in [0, 0.1) is 0 Å². The predicted molar refractivity (Wildman–Crippen MR) is 93.2 cm³/mol. The average Bonchev–Trinajstić information content (AvgIpc) is 3.24. The van der Waals surface area contributed by atoms with Crippen LogP contribution in [0.5, 0.6) is 0 Å². The first-order valence-corrected chi connectivity index (χ1v) is 8.48. The number of hydrogen-bond acceptors (Lipinski definition) is 4. The van der Waals surface area contributed by atoms with E-state index in [0.29, 0.717) is 32.0 Å². The minimum Gasteiger partial charge on any atom is -0.380 e. The van der Waals surface area contributed by atoms with Crippen molar-refractivity contribution in [2.45, 2.75) is 19.5 Å². The summed E-state index contributed by atoms with van der Waals surface area (Å²) >= 11 is 0. The Hall–Kier alpha value is -2.67. The summed E-state index contributed by atoms with van der Waals surface area (Å²) in [6.07, 6.45) is 3.63. The third-order valence-electron chi connectivity index (χ3n) is 4.69. The number of amides is 1. The Morgan fingerprint density at radius 3 is 3.04 bits per heavy atom. The van der Waals surface area contributed by atoms with Crippen LogP contribution in [0.4, 0.5) is 0 Å². The van der Waals surface area contributed by atoms with E-state index in [0.717, 1.165) is 16.6 Å². The number of ether oxygens (including phenoxy) is 1. The van der Waals surface area contributed by atoms with Crippen LogP contribution in [0.25, 0.3) is 10.9 Å². The van der Waals surface area contributed by atoms with E-state index in [-0.39, 0.29) is 11.9 Å². The van der Waals surface area contributed by atoms with Crippen molar-refractivity contribution in [3.63, 3.8) is 0 Å². The first-order valence-electron chi connectivity index (χ1n) is 8.48. The molecule has 0 spiro atoms. The number of aryl methyl sites for hydroxylation is 1. The highest BCUT2D eigenvalue weighted by Crippen LogP contribution is 2.25. The molecular formula is C18H21N5O2. The minimum atomic E-state index is -0.0502. The van der Waals surface area contributed by atoms with Gasteiger partial charge in [-0.25, -0.2) is 4.98 Å². The lowest BCUT2D eigenvalue weighted by Crippen LogP contribution is -2.42. The molecule has 0 N–H and O–H groups in total. The fourth-order valence-electron chi connectivity index (χ4n) is 3.45. The van der Waals surface area contributed by atoms with Gasteiger partial charge in [0.2, 0.25) is 0 Å². The quantitative estimate of drug-likeness (QED) is 0.729. The van der Waals surface area contributed by atoms with E-state index < -0.39 is 0 Å². The number of carbonyl (C=O) groups excluding carboxylic acids is 1. The summed E-state index contributed by atoms with van der Waals surface area (Å²) in [6.45, 7) is 4.31. The monoisotopic (exact) mass is 339 g/mol. The lowest BCUT2D eigenvalue weighted by Gasteiger charge is -2.34. The largest absolute Gasteiger partial charge is 0.380 e. The molecule has 0 fully saturated rings. The van der Waals surface area contributed by atoms with Crippen molar-refractivity contribution in [2.24, 2.45) is 7.05 Å². The van der Waals surface area contributed by atoms with Crippen molar-refractivity contribution < 1.29 is 9.53 Å². The Labute approximate surface area is 145 Å². The molecule has 1 aromatic carbocycles. The predicted octanol–water partition coefficient (Wildman–Crippen LogP) is 2.00. The Kier molecular flexibility index (Phi) is 4.01. The summed E-state index contributed by atoms with van der Waals surface area (Å²) in [4.78, 5) is 19.2. The Balaban J connectivity index is 1.66. The molecule has 0 saturated heterocycles. The summed E-state index contributed by atoms with van der Waals surface area (Å²) in [5.41, 5.74) is 2.48. The van der Waals surface area contributed by atoms with Gasteiger partial charge >= 0.3 is 0 Å². The van der Waals surface area contributed by atoms with Gasteiger partial charge in [0.15, 0.2) is 5.69 Å². The third kappa shape index (κ3) is 2.70. The molecule has 0 saturated carbocycles. The van der Waals surface area contributed by atoms with Gasteiger partial charge in [-0.1, -0.05) is 18.2 Å². The second-order valence-electron chi connectivity index (χ2n) is 6.28. The number of rotatable bonds is 4. The van der Waals surface area contributed by atoms with Gasteiger partial charge in [0.1, 0.15) is 0 Å². The van der Waals surface area contributed by atoms with E-state index in [2.05, 4.69) is 14.6 Å². The standard InChI is InChI=1S/C18H21N5O2/c1-3-25-11-14-10-22(9-13-8-19-12-23(13)14)18(24)17-15-6-4-5-7-16(15)21(2)20-17/h4-8,12,14H,3,9-11H2,1-2H3/t14-/m0/s1. The number of aromatic nitrogens is 4. The van der Waals surface area contributed by atoms with Crippen LogP contribution in [0.1, 0.15) is 29.1 Å². The lowest BCUT2D eigenvalue weighted by molar-refractivity contribution is 0.0541. The van der Waals surface area contributed by atoms with Crippen LogP contribution in [0.3, 0.4) is 0 Å². The molecule has 3 heterocycles. The van der Waals surface area contributed by atoms with Crippen LogP contribution < -0.4 is 0 Å². The molecule has 7 nitrogen and oxygen atoms in total. The van der Waals surface area contributed by atoms with Crippen molar-refractivity contribution in [1.82, 2.24) is 24.2 Å². The number of para-hydroxylation sites is 1. The van der Waals surface area contributed by atoms with E-state index in [1.165, 1.54) is 0 Å². The zero-order valence-corrected chi connectivity index (χ0v) is 14.4. The highest BCUT2D eigenvalue weighted by molar-refractivity contribution is 6.04. The zero-order valence-electron chi connectivity index (χ0n) is 14.4. The molecule has 7 heteroatoms. The molecule has 2 aromatic heterocycles. The van der Waals surface area contributed by atoms with Gasteiger partial charge in [0.05, 0.1) is 36.7 Å². The average molecular weight is 339 g/mol. The van der Waals surface area contributed by atoms with Gasteiger partial charge in [-0.2, -0.15) is 5.10 Å². The van der Waals surface area contributed by atoms with Crippen molar-refractivity contribution in [2.75, 3.05) is 19.8 Å². The van der Waals surface area contributed by atoms with Gasteiger partial charge < -0.3 is 14.2 Å². The van der Waals surface area contributed by atoms with E-state index in [1.54, 1.807) is 4.68 Å². The molecule has 1 amide bonds. The van der Waals surface area contributed by atoms with Gasteiger partial charge in [-0.05, 0) is 13.0 Å². The number of carbonyl (C=O) groups is 1. The van der Waals surface area contributed by atoms with E-state index in [9.17, 15) is 4.79 Å². The highest BCUT2D eigenvalue weighted by atomic mass is 16.5. The van der Waals surface area contributed by atoms with E-state index >= 15 is 0 Å².